The Bertz CT molecular complexity index is 826. The van der Waals surface area contributed by atoms with Crippen molar-refractivity contribution in [1.29, 1.82) is 0 Å². The molecule has 0 amide bonds. The molecule has 1 aliphatic carbocycles. The maximum absolute atomic E-state index is 14.8. The van der Waals surface area contributed by atoms with Gasteiger partial charge in [-0.1, -0.05) is 90.5 Å². The Morgan fingerprint density at radius 2 is 1.36 bits per heavy atom. The number of hydrogen-bond donors (Lipinski definition) is 0. The standard InChI is InChI=1S/C29H42F2N2/c1-3-5-7-9-11-24-20-32-29(33-21-24)26-19-18-25(27(30)28(26)31)17-16-23-14-12-22(13-15-23)10-8-6-4-2/h18-23H,3-17H2,1-2H3. The highest BCUT2D eigenvalue weighted by molar-refractivity contribution is 5.56. The second-order valence-corrected chi connectivity index (χ2v) is 10.0. The number of nitrogens with zero attached hydrogens (tertiary/aromatic N) is 2. The van der Waals surface area contributed by atoms with Crippen molar-refractivity contribution in [2.75, 3.05) is 0 Å². The Morgan fingerprint density at radius 1 is 0.727 bits per heavy atom. The summed E-state index contributed by atoms with van der Waals surface area (Å²) in [5, 5.41) is 0. The molecule has 0 unspecified atom stereocenters. The Balaban J connectivity index is 1.51. The number of aryl methyl sites for hydroxylation is 2. The fourth-order valence-corrected chi connectivity index (χ4v) is 5.19. The first kappa shape index (κ1) is 25.8. The quantitative estimate of drug-likeness (QED) is 0.281. The number of hydrogen-bond acceptors (Lipinski definition) is 2. The zero-order valence-corrected chi connectivity index (χ0v) is 20.7. The molecule has 2 aromatic rings. The van der Waals surface area contributed by atoms with Crippen molar-refractivity contribution in [1.82, 2.24) is 9.97 Å². The first-order chi connectivity index (χ1) is 16.1. The van der Waals surface area contributed by atoms with Crippen LogP contribution in [0, 0.1) is 23.5 Å². The summed E-state index contributed by atoms with van der Waals surface area (Å²) in [6.07, 6.45) is 21.1. The van der Waals surface area contributed by atoms with Gasteiger partial charge in [-0.3, -0.25) is 0 Å². The van der Waals surface area contributed by atoms with Gasteiger partial charge in [0.25, 0.3) is 0 Å². The van der Waals surface area contributed by atoms with Crippen LogP contribution in [0.25, 0.3) is 11.4 Å². The van der Waals surface area contributed by atoms with Crippen molar-refractivity contribution < 1.29 is 8.78 Å². The van der Waals surface area contributed by atoms with Gasteiger partial charge in [-0.2, -0.15) is 0 Å². The van der Waals surface area contributed by atoms with E-state index >= 15 is 0 Å². The van der Waals surface area contributed by atoms with Crippen molar-refractivity contribution in [2.45, 2.75) is 110 Å². The summed E-state index contributed by atoms with van der Waals surface area (Å²) in [7, 11) is 0. The third-order valence-electron chi connectivity index (χ3n) is 7.43. The molecular formula is C29H42F2N2. The lowest BCUT2D eigenvalue weighted by molar-refractivity contribution is 0.248. The van der Waals surface area contributed by atoms with Gasteiger partial charge in [0.1, 0.15) is 0 Å². The van der Waals surface area contributed by atoms with Crippen molar-refractivity contribution in [3.63, 3.8) is 0 Å². The maximum atomic E-state index is 14.8. The third kappa shape index (κ3) is 7.86. The van der Waals surface area contributed by atoms with Crippen LogP contribution in [0.15, 0.2) is 24.5 Å². The zero-order chi connectivity index (χ0) is 23.5. The van der Waals surface area contributed by atoms with E-state index in [1.165, 1.54) is 70.6 Å². The van der Waals surface area contributed by atoms with Gasteiger partial charge in [0.2, 0.25) is 0 Å². The lowest BCUT2D eigenvalue weighted by atomic mass is 9.77. The topological polar surface area (TPSA) is 25.8 Å². The molecule has 182 valence electrons. The van der Waals surface area contributed by atoms with Crippen LogP contribution in [0.3, 0.4) is 0 Å². The summed E-state index contributed by atoms with van der Waals surface area (Å²) in [4.78, 5) is 8.63. The molecule has 0 bridgehead atoms. The van der Waals surface area contributed by atoms with E-state index in [0.717, 1.165) is 30.7 Å². The molecule has 1 aliphatic rings. The van der Waals surface area contributed by atoms with Crippen LogP contribution in [0.2, 0.25) is 0 Å². The molecule has 0 atom stereocenters. The number of aromatic nitrogens is 2. The van der Waals surface area contributed by atoms with E-state index in [1.807, 2.05) is 0 Å². The minimum Gasteiger partial charge on any atom is -0.236 e. The molecule has 0 saturated heterocycles. The van der Waals surface area contributed by atoms with E-state index in [-0.39, 0.29) is 11.4 Å². The normalized spacial score (nSPS) is 18.5. The van der Waals surface area contributed by atoms with Crippen LogP contribution in [-0.4, -0.2) is 9.97 Å². The smallest absolute Gasteiger partial charge is 0.170 e. The third-order valence-corrected chi connectivity index (χ3v) is 7.43. The molecule has 2 nitrogen and oxygen atoms in total. The zero-order valence-electron chi connectivity index (χ0n) is 20.7. The Hall–Kier alpha value is -1.84. The monoisotopic (exact) mass is 456 g/mol. The summed E-state index contributed by atoms with van der Waals surface area (Å²) < 4.78 is 29.7. The molecule has 0 spiro atoms. The minimum absolute atomic E-state index is 0.154. The van der Waals surface area contributed by atoms with Gasteiger partial charge in [0.05, 0.1) is 5.56 Å². The van der Waals surface area contributed by atoms with Crippen LogP contribution in [-0.2, 0) is 12.8 Å². The molecule has 0 N–H and O–H groups in total. The fourth-order valence-electron chi connectivity index (χ4n) is 5.19. The Labute approximate surface area is 199 Å². The highest BCUT2D eigenvalue weighted by Crippen LogP contribution is 2.35. The molecule has 3 rings (SSSR count). The Morgan fingerprint density at radius 3 is 2.03 bits per heavy atom. The van der Waals surface area contributed by atoms with Crippen LogP contribution in [0.4, 0.5) is 8.78 Å². The highest BCUT2D eigenvalue weighted by Gasteiger charge is 2.22. The molecule has 1 aromatic heterocycles. The lowest BCUT2D eigenvalue weighted by Gasteiger charge is -2.28. The van der Waals surface area contributed by atoms with Crippen LogP contribution in [0.1, 0.15) is 108 Å². The van der Waals surface area contributed by atoms with Crippen LogP contribution in [0.5, 0.6) is 0 Å². The van der Waals surface area contributed by atoms with Gasteiger partial charge in [-0.05, 0) is 54.7 Å². The van der Waals surface area contributed by atoms with Crippen molar-refractivity contribution in [2.24, 2.45) is 11.8 Å². The average molecular weight is 457 g/mol. The largest absolute Gasteiger partial charge is 0.236 e. The predicted octanol–water partition coefficient (Wildman–Crippen LogP) is 8.86. The van der Waals surface area contributed by atoms with Gasteiger partial charge >= 0.3 is 0 Å². The summed E-state index contributed by atoms with van der Waals surface area (Å²) >= 11 is 0. The highest BCUT2D eigenvalue weighted by atomic mass is 19.2. The predicted molar refractivity (Wildman–Crippen MR) is 133 cm³/mol. The molecule has 1 fully saturated rings. The average Bonchev–Trinajstić information content (AvgIpc) is 2.84. The molecule has 1 aromatic carbocycles. The fraction of sp³-hybridized carbons (Fsp3) is 0.655. The summed E-state index contributed by atoms with van der Waals surface area (Å²) in [6, 6.07) is 3.38. The Kier molecular flexibility index (Phi) is 10.8. The second-order valence-electron chi connectivity index (χ2n) is 10.0. The molecule has 0 radical (unpaired) electrons. The van der Waals surface area contributed by atoms with E-state index in [9.17, 15) is 8.78 Å². The first-order valence-electron chi connectivity index (χ1n) is 13.4. The van der Waals surface area contributed by atoms with Gasteiger partial charge in [0, 0.05) is 12.4 Å². The van der Waals surface area contributed by atoms with Crippen molar-refractivity contribution in [3.8, 4) is 11.4 Å². The maximum Gasteiger partial charge on any atom is 0.170 e. The number of benzene rings is 1. The molecule has 1 heterocycles. The van der Waals surface area contributed by atoms with Crippen molar-refractivity contribution >= 4 is 0 Å². The first-order valence-corrected chi connectivity index (χ1v) is 13.4. The van der Waals surface area contributed by atoms with Crippen LogP contribution >= 0.6 is 0 Å². The summed E-state index contributed by atoms with van der Waals surface area (Å²) in [5.74, 6) is 0.235. The number of halogens is 2. The van der Waals surface area contributed by atoms with Gasteiger partial charge in [-0.15, -0.1) is 0 Å². The van der Waals surface area contributed by atoms with E-state index in [4.69, 9.17) is 0 Å². The molecular weight excluding hydrogens is 414 g/mol. The van der Waals surface area contributed by atoms with Gasteiger partial charge < -0.3 is 0 Å². The second kappa shape index (κ2) is 13.8. The number of rotatable bonds is 13. The van der Waals surface area contributed by atoms with E-state index in [0.29, 0.717) is 17.9 Å². The van der Waals surface area contributed by atoms with Crippen LogP contribution < -0.4 is 0 Å². The molecule has 33 heavy (non-hydrogen) atoms. The lowest BCUT2D eigenvalue weighted by Crippen LogP contribution is -2.15. The summed E-state index contributed by atoms with van der Waals surface area (Å²) in [5.41, 5.74) is 1.68. The minimum atomic E-state index is -0.817. The van der Waals surface area contributed by atoms with Gasteiger partial charge in [0.15, 0.2) is 17.5 Å². The molecule has 1 saturated carbocycles. The molecule has 0 aliphatic heterocycles. The van der Waals surface area contributed by atoms with Crippen molar-refractivity contribution in [3.05, 3.63) is 47.3 Å². The van der Waals surface area contributed by atoms with E-state index in [2.05, 4.69) is 23.8 Å². The van der Waals surface area contributed by atoms with E-state index < -0.39 is 11.6 Å². The summed E-state index contributed by atoms with van der Waals surface area (Å²) in [6.45, 7) is 4.45. The number of unbranched alkanes of at least 4 members (excludes halogenated alkanes) is 5. The SMILES string of the molecule is CCCCCCc1cnc(-c2ccc(CCC3CCC(CCCCC)CC3)c(F)c2F)nc1. The molecule has 4 heteroatoms. The van der Waals surface area contributed by atoms with Gasteiger partial charge in [-0.25, -0.2) is 18.7 Å². The van der Waals surface area contributed by atoms with E-state index in [1.54, 1.807) is 24.5 Å².